The number of furan rings is 1. The smallest absolute Gasteiger partial charge is 0.307 e. The second-order valence-electron chi connectivity index (χ2n) is 7.12. The van der Waals surface area contributed by atoms with Gasteiger partial charge in [-0.15, -0.1) is 6.58 Å². The number of fused-ring (bicyclic) bond motifs is 1. The molecule has 1 N–H and O–H groups in total. The molecule has 5 nitrogen and oxygen atoms in total. The molecule has 0 atom stereocenters. The molecule has 0 aliphatic rings. The Balaban J connectivity index is 1.41. The first-order valence-corrected chi connectivity index (χ1v) is 10.4. The fourth-order valence-electron chi connectivity index (χ4n) is 3.19. The van der Waals surface area contributed by atoms with Crippen LogP contribution in [0, 0.1) is 0 Å². The number of hydrazone groups is 1. The monoisotopic (exact) mass is 444 g/mol. The van der Waals surface area contributed by atoms with Gasteiger partial charge in [0.15, 0.2) is 5.76 Å². The Morgan fingerprint density at radius 1 is 1.09 bits per heavy atom. The molecule has 1 heterocycles. The summed E-state index contributed by atoms with van der Waals surface area (Å²) in [5, 5.41) is 5.61. The zero-order valence-electron chi connectivity index (χ0n) is 17.3. The second-order valence-corrected chi connectivity index (χ2v) is 7.56. The molecule has 0 radical (unpaired) electrons. The van der Waals surface area contributed by atoms with E-state index in [1.165, 1.54) is 0 Å². The maximum Gasteiger partial charge on any atom is 0.307 e. The number of rotatable bonds is 8. The Morgan fingerprint density at radius 3 is 2.69 bits per heavy atom. The number of hydrogen-bond acceptors (Lipinski definition) is 4. The third kappa shape index (κ3) is 5.25. The van der Waals surface area contributed by atoms with Gasteiger partial charge in [-0.25, -0.2) is 5.43 Å². The Labute approximate surface area is 191 Å². The molecule has 0 fully saturated rings. The number of carbonyl (C=O) groups excluding carboxylic acids is 1. The summed E-state index contributed by atoms with van der Waals surface area (Å²) < 4.78 is 11.5. The quantitative estimate of drug-likeness (QED) is 0.201. The van der Waals surface area contributed by atoms with Crippen LogP contribution >= 0.6 is 11.6 Å². The van der Waals surface area contributed by atoms with E-state index in [0.717, 1.165) is 27.8 Å². The van der Waals surface area contributed by atoms with Gasteiger partial charge in [-0.2, -0.15) is 5.10 Å². The number of nitrogens with zero attached hydrogens (tertiary/aromatic N) is 1. The van der Waals surface area contributed by atoms with Gasteiger partial charge in [0.1, 0.15) is 17.9 Å². The van der Waals surface area contributed by atoms with Crippen molar-refractivity contribution in [3.63, 3.8) is 0 Å². The maximum absolute atomic E-state index is 12.3. The van der Waals surface area contributed by atoms with Gasteiger partial charge in [0.2, 0.25) is 0 Å². The van der Waals surface area contributed by atoms with E-state index >= 15 is 0 Å². The van der Waals surface area contributed by atoms with Crippen LogP contribution in [0.15, 0.2) is 95.0 Å². The molecule has 0 aliphatic carbocycles. The summed E-state index contributed by atoms with van der Waals surface area (Å²) in [4.78, 5) is 12.3. The van der Waals surface area contributed by atoms with Crippen molar-refractivity contribution in [2.45, 2.75) is 13.0 Å². The Morgan fingerprint density at radius 2 is 1.91 bits per heavy atom. The van der Waals surface area contributed by atoms with Gasteiger partial charge in [0.25, 0.3) is 0 Å². The second kappa shape index (κ2) is 9.98. The number of carbonyl (C=O) groups is 1. The van der Waals surface area contributed by atoms with Crippen molar-refractivity contribution in [3.8, 4) is 5.75 Å². The van der Waals surface area contributed by atoms with Gasteiger partial charge in [0.05, 0.1) is 6.21 Å². The van der Waals surface area contributed by atoms with Crippen molar-refractivity contribution >= 4 is 34.7 Å². The van der Waals surface area contributed by atoms with Gasteiger partial charge < -0.3 is 9.15 Å². The number of ether oxygens (including phenoxy) is 1. The highest BCUT2D eigenvalue weighted by Gasteiger charge is 2.11. The number of benzene rings is 3. The van der Waals surface area contributed by atoms with Crippen molar-refractivity contribution in [1.82, 2.24) is 5.43 Å². The third-order valence-electron chi connectivity index (χ3n) is 4.79. The van der Waals surface area contributed by atoms with E-state index < -0.39 is 5.91 Å². The standard InChI is InChI=1S/C26H21ClN2O3/c1-2-5-20-14-19(10-13-23(20)31-17-18-8-11-22(27)12-9-18)16-28-29-26(30)25-15-21-6-3-4-7-24(21)32-25/h2-4,6-16H,1,5,17H2,(H,29,30)/b28-16+. The minimum atomic E-state index is -0.410. The molecule has 0 saturated carbocycles. The number of allylic oxidation sites excluding steroid dienone is 1. The van der Waals surface area contributed by atoms with Crippen LogP contribution < -0.4 is 10.2 Å². The average Bonchev–Trinajstić information content (AvgIpc) is 3.24. The van der Waals surface area contributed by atoms with Crippen molar-refractivity contribution in [2.75, 3.05) is 0 Å². The van der Waals surface area contributed by atoms with E-state index in [-0.39, 0.29) is 5.76 Å². The van der Waals surface area contributed by atoms with Crippen molar-refractivity contribution in [1.29, 1.82) is 0 Å². The summed E-state index contributed by atoms with van der Waals surface area (Å²) in [5.41, 5.74) is 5.98. The lowest BCUT2D eigenvalue weighted by atomic mass is 10.1. The Bertz CT molecular complexity index is 1240. The van der Waals surface area contributed by atoms with E-state index in [1.54, 1.807) is 12.3 Å². The summed E-state index contributed by atoms with van der Waals surface area (Å²) in [7, 11) is 0. The molecule has 0 saturated heterocycles. The van der Waals surface area contributed by atoms with Crippen LogP contribution in [0.5, 0.6) is 5.75 Å². The molecule has 1 amide bonds. The highest BCUT2D eigenvalue weighted by Crippen LogP contribution is 2.23. The summed E-state index contributed by atoms with van der Waals surface area (Å²) >= 11 is 5.93. The molecular weight excluding hydrogens is 424 g/mol. The molecule has 4 aromatic rings. The molecular formula is C26H21ClN2O3. The first-order valence-electron chi connectivity index (χ1n) is 10.1. The maximum atomic E-state index is 12.3. The number of hydrogen-bond donors (Lipinski definition) is 1. The van der Waals surface area contributed by atoms with Crippen molar-refractivity contribution in [3.05, 3.63) is 113 Å². The molecule has 0 spiro atoms. The SMILES string of the molecule is C=CCc1cc(/C=N/NC(=O)c2cc3ccccc3o2)ccc1OCc1ccc(Cl)cc1. The van der Waals surface area contributed by atoms with Crippen molar-refractivity contribution < 1.29 is 13.9 Å². The number of para-hydroxylation sites is 1. The van der Waals surface area contributed by atoms with Gasteiger partial charge in [-0.05, 0) is 65.6 Å². The fourth-order valence-corrected chi connectivity index (χ4v) is 3.32. The third-order valence-corrected chi connectivity index (χ3v) is 5.04. The lowest BCUT2D eigenvalue weighted by Gasteiger charge is -2.11. The van der Waals surface area contributed by atoms with Gasteiger partial charge in [-0.3, -0.25) is 4.79 Å². The number of nitrogens with one attached hydrogen (secondary N) is 1. The highest BCUT2D eigenvalue weighted by molar-refractivity contribution is 6.30. The van der Waals surface area contributed by atoms with Crippen molar-refractivity contribution in [2.24, 2.45) is 5.10 Å². The van der Waals surface area contributed by atoms with E-state index in [2.05, 4.69) is 17.1 Å². The summed E-state index contributed by atoms with van der Waals surface area (Å²) in [6.07, 6.45) is 4.04. The Hall–Kier alpha value is -3.83. The highest BCUT2D eigenvalue weighted by atomic mass is 35.5. The Kier molecular flexibility index (Phi) is 6.68. The molecule has 0 unspecified atom stereocenters. The predicted molar refractivity (Wildman–Crippen MR) is 127 cm³/mol. The first-order chi connectivity index (χ1) is 15.6. The zero-order valence-corrected chi connectivity index (χ0v) is 18.0. The topological polar surface area (TPSA) is 63.8 Å². The minimum Gasteiger partial charge on any atom is -0.489 e. The molecule has 0 bridgehead atoms. The van der Waals surface area contributed by atoms with E-state index in [1.807, 2.05) is 72.8 Å². The van der Waals surface area contributed by atoms with Gasteiger partial charge in [0, 0.05) is 10.4 Å². The number of amides is 1. The molecule has 1 aromatic heterocycles. The zero-order chi connectivity index (χ0) is 22.3. The van der Waals surface area contributed by atoms with Gasteiger partial charge >= 0.3 is 5.91 Å². The van der Waals surface area contributed by atoms with Crippen LogP contribution in [-0.2, 0) is 13.0 Å². The average molecular weight is 445 g/mol. The van der Waals surface area contributed by atoms with Gasteiger partial charge in [-0.1, -0.05) is 48.0 Å². The van der Waals surface area contributed by atoms with E-state index in [4.69, 9.17) is 20.8 Å². The lowest BCUT2D eigenvalue weighted by Crippen LogP contribution is -2.16. The fraction of sp³-hybridized carbons (Fsp3) is 0.0769. The number of halogens is 1. The molecule has 4 rings (SSSR count). The minimum absolute atomic E-state index is 0.210. The van der Waals surface area contributed by atoms with Crippen LogP contribution in [0.3, 0.4) is 0 Å². The molecule has 3 aromatic carbocycles. The molecule has 6 heteroatoms. The summed E-state index contributed by atoms with van der Waals surface area (Å²) in [6.45, 7) is 4.25. The largest absolute Gasteiger partial charge is 0.489 e. The van der Waals surface area contributed by atoms with Crippen LogP contribution in [0.2, 0.25) is 5.02 Å². The normalized spacial score (nSPS) is 11.0. The molecule has 0 aliphatic heterocycles. The molecule has 160 valence electrons. The first kappa shape index (κ1) is 21.4. The van der Waals surface area contributed by atoms with E-state index in [0.29, 0.717) is 23.6 Å². The van der Waals surface area contributed by atoms with Crippen LogP contribution in [0.25, 0.3) is 11.0 Å². The molecule has 32 heavy (non-hydrogen) atoms. The predicted octanol–water partition coefficient (Wildman–Crippen LogP) is 6.16. The van der Waals surface area contributed by atoms with Crippen LogP contribution in [0.1, 0.15) is 27.2 Å². The van der Waals surface area contributed by atoms with Crippen LogP contribution in [-0.4, -0.2) is 12.1 Å². The summed E-state index contributed by atoms with van der Waals surface area (Å²) in [6, 6.07) is 22.4. The van der Waals surface area contributed by atoms with Crippen LogP contribution in [0.4, 0.5) is 0 Å². The summed E-state index contributed by atoms with van der Waals surface area (Å²) in [5.74, 6) is 0.566. The lowest BCUT2D eigenvalue weighted by molar-refractivity contribution is 0.0929. The van der Waals surface area contributed by atoms with E-state index in [9.17, 15) is 4.79 Å².